The fraction of sp³-hybridized carbons (Fsp3) is 0.385. The molecule has 3 amide bonds. The molecule has 1 saturated heterocycles. The van der Waals surface area contributed by atoms with Crippen molar-refractivity contribution in [2.75, 3.05) is 0 Å². The van der Waals surface area contributed by atoms with Gasteiger partial charge in [0.15, 0.2) is 0 Å². The second-order valence-electron chi connectivity index (χ2n) is 4.95. The summed E-state index contributed by atoms with van der Waals surface area (Å²) in [6.07, 6.45) is 0.475. The summed E-state index contributed by atoms with van der Waals surface area (Å²) in [5, 5.41) is 2.21. The monoisotopic (exact) mass is 277 g/mol. The number of fused-ring (bicyclic) bond motifs is 1. The van der Waals surface area contributed by atoms with Crippen LogP contribution < -0.4 is 5.32 Å². The molecule has 1 aromatic rings. The number of nitrogens with one attached hydrogen (secondary N) is 1. The van der Waals surface area contributed by atoms with E-state index >= 15 is 0 Å². The van der Waals surface area contributed by atoms with Gasteiger partial charge in [0.05, 0.1) is 23.5 Å². The van der Waals surface area contributed by atoms with Gasteiger partial charge in [0.25, 0.3) is 5.91 Å². The van der Waals surface area contributed by atoms with E-state index in [1.165, 1.54) is 11.8 Å². The molecule has 0 aromatic carbocycles. The van der Waals surface area contributed by atoms with Crippen molar-refractivity contribution in [2.45, 2.75) is 32.4 Å². The molecule has 0 aliphatic carbocycles. The summed E-state index contributed by atoms with van der Waals surface area (Å²) >= 11 is 0. The van der Waals surface area contributed by atoms with Crippen molar-refractivity contribution in [3.63, 3.8) is 0 Å². The molecule has 1 aromatic heterocycles. The Kier molecular flexibility index (Phi) is 2.77. The van der Waals surface area contributed by atoms with E-state index in [0.717, 1.165) is 6.07 Å². The zero-order valence-electron chi connectivity index (χ0n) is 10.8. The molecular formula is C13H12FN3O3. The topological polar surface area (TPSA) is 79.4 Å². The number of rotatable bonds is 1. The van der Waals surface area contributed by atoms with E-state index in [9.17, 15) is 18.8 Å². The Morgan fingerprint density at radius 2 is 2.15 bits per heavy atom. The molecule has 2 aliphatic rings. The number of imide groups is 1. The number of hydrogen-bond acceptors (Lipinski definition) is 4. The molecule has 20 heavy (non-hydrogen) atoms. The molecular weight excluding hydrogens is 265 g/mol. The van der Waals surface area contributed by atoms with Gasteiger partial charge in [0.1, 0.15) is 11.9 Å². The van der Waals surface area contributed by atoms with Crippen LogP contribution in [0.2, 0.25) is 0 Å². The lowest BCUT2D eigenvalue weighted by molar-refractivity contribution is -0.136. The summed E-state index contributed by atoms with van der Waals surface area (Å²) in [5.74, 6) is -1.78. The molecule has 1 N–H and O–H groups in total. The first-order valence-corrected chi connectivity index (χ1v) is 6.28. The van der Waals surface area contributed by atoms with E-state index < -0.39 is 23.7 Å². The summed E-state index contributed by atoms with van der Waals surface area (Å²) in [6, 6.07) is 0.462. The fourth-order valence-electron chi connectivity index (χ4n) is 2.56. The van der Waals surface area contributed by atoms with Gasteiger partial charge < -0.3 is 4.90 Å². The predicted octanol–water partition coefficient (Wildman–Crippen LogP) is 0.290. The normalized spacial score (nSPS) is 22.0. The molecule has 1 atom stereocenters. The lowest BCUT2D eigenvalue weighted by Gasteiger charge is -2.29. The van der Waals surface area contributed by atoms with Crippen molar-refractivity contribution >= 4 is 17.7 Å². The van der Waals surface area contributed by atoms with Crippen LogP contribution in [-0.2, 0) is 16.1 Å². The molecule has 0 saturated carbocycles. The molecule has 3 rings (SSSR count). The Morgan fingerprint density at radius 3 is 2.85 bits per heavy atom. The minimum atomic E-state index is -0.697. The summed E-state index contributed by atoms with van der Waals surface area (Å²) in [4.78, 5) is 40.6. The molecule has 1 fully saturated rings. The number of halogens is 1. The highest BCUT2D eigenvalue weighted by Gasteiger charge is 2.40. The van der Waals surface area contributed by atoms with Crippen LogP contribution in [0.1, 0.15) is 34.6 Å². The summed E-state index contributed by atoms with van der Waals surface area (Å²) < 4.78 is 13.5. The van der Waals surface area contributed by atoms with Gasteiger partial charge >= 0.3 is 0 Å². The van der Waals surface area contributed by atoms with Gasteiger partial charge in [-0.05, 0) is 19.4 Å². The van der Waals surface area contributed by atoms with Crippen LogP contribution in [0.25, 0.3) is 0 Å². The number of aromatic nitrogens is 1. The number of carbonyl (C=O) groups is 3. The first-order chi connectivity index (χ1) is 9.47. The Hall–Kier alpha value is -2.31. The molecule has 3 heterocycles. The van der Waals surface area contributed by atoms with Gasteiger partial charge in [-0.3, -0.25) is 24.7 Å². The van der Waals surface area contributed by atoms with Crippen LogP contribution in [0, 0.1) is 12.7 Å². The Bertz CT molecular complexity index is 644. The molecule has 1 unspecified atom stereocenters. The highest BCUT2D eigenvalue weighted by Crippen LogP contribution is 2.27. The largest absolute Gasteiger partial charge is 0.321 e. The minimum absolute atomic E-state index is 0.168. The summed E-state index contributed by atoms with van der Waals surface area (Å²) in [7, 11) is 0. The van der Waals surface area contributed by atoms with Crippen molar-refractivity contribution in [1.29, 1.82) is 0 Å². The molecule has 6 nitrogen and oxygen atoms in total. The lowest BCUT2D eigenvalue weighted by Crippen LogP contribution is -2.52. The summed E-state index contributed by atoms with van der Waals surface area (Å²) in [5.41, 5.74) is 0.887. The van der Waals surface area contributed by atoms with Gasteiger partial charge in [0.2, 0.25) is 11.8 Å². The van der Waals surface area contributed by atoms with Gasteiger partial charge in [-0.15, -0.1) is 0 Å². The smallest absolute Gasteiger partial charge is 0.256 e. The van der Waals surface area contributed by atoms with E-state index in [0.29, 0.717) is 5.69 Å². The van der Waals surface area contributed by atoms with Gasteiger partial charge in [0, 0.05) is 6.42 Å². The average Bonchev–Trinajstić information content (AvgIpc) is 2.68. The maximum absolute atomic E-state index is 13.5. The zero-order chi connectivity index (χ0) is 14.4. The van der Waals surface area contributed by atoms with Crippen LogP contribution in [0.3, 0.4) is 0 Å². The second kappa shape index (κ2) is 4.36. The molecule has 0 spiro atoms. The van der Waals surface area contributed by atoms with E-state index in [1.807, 2.05) is 0 Å². The Morgan fingerprint density at radius 1 is 1.40 bits per heavy atom. The quantitative estimate of drug-likeness (QED) is 0.748. The van der Waals surface area contributed by atoms with E-state index in [-0.39, 0.29) is 36.6 Å². The first kappa shape index (κ1) is 12.7. The molecule has 0 bridgehead atoms. The third-order valence-electron chi connectivity index (χ3n) is 3.63. The summed E-state index contributed by atoms with van der Waals surface area (Å²) in [6.45, 7) is 1.69. The van der Waals surface area contributed by atoms with Gasteiger partial charge in [-0.2, -0.15) is 0 Å². The van der Waals surface area contributed by atoms with Crippen molar-refractivity contribution in [3.05, 3.63) is 28.8 Å². The highest BCUT2D eigenvalue weighted by molar-refractivity contribution is 6.05. The van der Waals surface area contributed by atoms with Crippen LogP contribution in [0.5, 0.6) is 0 Å². The second-order valence-corrected chi connectivity index (χ2v) is 4.95. The number of hydrogen-bond donors (Lipinski definition) is 1. The van der Waals surface area contributed by atoms with E-state index in [4.69, 9.17) is 0 Å². The maximum Gasteiger partial charge on any atom is 0.256 e. The third-order valence-corrected chi connectivity index (χ3v) is 3.63. The van der Waals surface area contributed by atoms with Crippen molar-refractivity contribution in [2.24, 2.45) is 0 Å². The fourth-order valence-corrected chi connectivity index (χ4v) is 2.56. The Labute approximate surface area is 114 Å². The molecule has 2 aliphatic heterocycles. The SMILES string of the molecule is Cc1nc2c(cc1F)C(=O)N(C1CCC(=O)NC1=O)C2. The van der Waals surface area contributed by atoms with Crippen LogP contribution in [0.15, 0.2) is 6.07 Å². The number of amides is 3. The standard InChI is InChI=1S/C13H12FN3O3/c1-6-8(14)4-7-9(15-6)5-17(13(7)20)10-2-3-11(18)16-12(10)19/h4,10H,2-3,5H2,1H3,(H,16,18,19). The van der Waals surface area contributed by atoms with Crippen LogP contribution in [0.4, 0.5) is 4.39 Å². The van der Waals surface area contributed by atoms with Crippen molar-refractivity contribution in [1.82, 2.24) is 15.2 Å². The van der Waals surface area contributed by atoms with Crippen molar-refractivity contribution in [3.8, 4) is 0 Å². The number of aryl methyl sites for hydroxylation is 1. The zero-order valence-corrected chi connectivity index (χ0v) is 10.8. The third kappa shape index (κ3) is 1.86. The molecule has 104 valence electrons. The first-order valence-electron chi connectivity index (χ1n) is 6.28. The molecule has 0 radical (unpaired) electrons. The minimum Gasteiger partial charge on any atom is -0.321 e. The highest BCUT2D eigenvalue weighted by atomic mass is 19.1. The van der Waals surface area contributed by atoms with Crippen LogP contribution in [-0.4, -0.2) is 33.6 Å². The lowest BCUT2D eigenvalue weighted by atomic mass is 10.0. The average molecular weight is 277 g/mol. The van der Waals surface area contributed by atoms with Crippen LogP contribution >= 0.6 is 0 Å². The maximum atomic E-state index is 13.5. The van der Waals surface area contributed by atoms with Crippen molar-refractivity contribution < 1.29 is 18.8 Å². The Balaban J connectivity index is 1.90. The number of carbonyl (C=O) groups excluding carboxylic acids is 3. The molecule has 7 heteroatoms. The number of piperidine rings is 1. The van der Waals surface area contributed by atoms with Gasteiger partial charge in [-0.25, -0.2) is 4.39 Å². The van der Waals surface area contributed by atoms with E-state index in [1.54, 1.807) is 0 Å². The predicted molar refractivity (Wildman–Crippen MR) is 65.0 cm³/mol. The van der Waals surface area contributed by atoms with Gasteiger partial charge in [-0.1, -0.05) is 0 Å². The number of pyridine rings is 1. The van der Waals surface area contributed by atoms with E-state index in [2.05, 4.69) is 10.3 Å². The number of nitrogens with zero attached hydrogens (tertiary/aromatic N) is 2.